The molecule has 0 spiro atoms. The molecule has 41 heavy (non-hydrogen) atoms. The highest BCUT2D eigenvalue weighted by Gasteiger charge is 2.47. The molecule has 0 bridgehead atoms. The Morgan fingerprint density at radius 2 is 1.73 bits per heavy atom. The second kappa shape index (κ2) is 11.5. The van der Waals surface area contributed by atoms with E-state index in [4.69, 9.17) is 73.0 Å². The quantitative estimate of drug-likeness (QED) is 0.408. The Kier molecular flexibility index (Phi) is 8.38. The molecule has 0 saturated carbocycles. The topological polar surface area (TPSA) is 111 Å². The lowest BCUT2D eigenvalue weighted by Gasteiger charge is -2.45. The van der Waals surface area contributed by atoms with Crippen molar-refractivity contribution in [3.8, 4) is 17.2 Å². The maximum Gasteiger partial charge on any atom is 0.374 e. The highest BCUT2D eigenvalue weighted by Crippen LogP contribution is 2.53. The van der Waals surface area contributed by atoms with Crippen LogP contribution < -0.4 is 19.3 Å². The Bertz CT molecular complexity index is 1380. The van der Waals surface area contributed by atoms with Gasteiger partial charge in [-0.2, -0.15) is 0 Å². The summed E-state index contributed by atoms with van der Waals surface area (Å²) < 4.78 is 39.0. The van der Waals surface area contributed by atoms with Crippen molar-refractivity contribution in [2.45, 2.75) is 69.4 Å². The lowest BCUT2D eigenvalue weighted by molar-refractivity contribution is -0.244. The van der Waals surface area contributed by atoms with E-state index >= 15 is 0 Å². The Morgan fingerprint density at radius 1 is 1.02 bits per heavy atom. The first-order chi connectivity index (χ1) is 19.7. The van der Waals surface area contributed by atoms with Crippen LogP contribution in [0.25, 0.3) is 0 Å². The van der Waals surface area contributed by atoms with Gasteiger partial charge in [-0.05, 0) is 19.9 Å². The summed E-state index contributed by atoms with van der Waals surface area (Å²) in [7, 11) is 29.9. The van der Waals surface area contributed by atoms with Gasteiger partial charge >= 0.3 is 16.1 Å². The highest BCUT2D eigenvalue weighted by atomic mass is 16.7. The Labute approximate surface area is 244 Å². The molecule has 2 aromatic carbocycles. The van der Waals surface area contributed by atoms with Crippen molar-refractivity contribution in [3.63, 3.8) is 0 Å². The molecule has 1 heterocycles. The van der Waals surface area contributed by atoms with Crippen molar-refractivity contribution < 1.29 is 42.4 Å². The molecule has 15 heteroatoms. The lowest BCUT2D eigenvalue weighted by Crippen LogP contribution is -2.54. The van der Waals surface area contributed by atoms with Gasteiger partial charge in [0.05, 0.1) is 47.7 Å². The zero-order chi connectivity index (χ0) is 29.6. The fourth-order valence-corrected chi connectivity index (χ4v) is 6.18. The predicted octanol–water partition coefficient (Wildman–Crippen LogP) is 0.903. The SMILES string of the molecule is [B]NC1CC(OC2CC(C)(O[B])Cc3c(O[B])c4c(c(O[B])c32)C(=O)c2c(OC)cccc2C4=O)OC(C)C1O[B]. The summed E-state index contributed by atoms with van der Waals surface area (Å²) in [4.78, 5) is 27.9. The van der Waals surface area contributed by atoms with Gasteiger partial charge < -0.3 is 38.1 Å². The van der Waals surface area contributed by atoms with Gasteiger partial charge in [-0.1, -0.05) is 12.1 Å². The van der Waals surface area contributed by atoms with Gasteiger partial charge in [-0.15, -0.1) is 0 Å². The maximum atomic E-state index is 14.0. The van der Waals surface area contributed by atoms with E-state index in [0.29, 0.717) is 11.1 Å². The van der Waals surface area contributed by atoms with E-state index in [1.807, 2.05) is 0 Å². The summed E-state index contributed by atoms with van der Waals surface area (Å²) in [5, 5.41) is 2.68. The second-order valence-corrected chi connectivity index (χ2v) is 10.5. The van der Waals surface area contributed by atoms with Crippen LogP contribution in [0.15, 0.2) is 18.2 Å². The van der Waals surface area contributed by atoms with Crippen molar-refractivity contribution in [2.75, 3.05) is 7.11 Å². The van der Waals surface area contributed by atoms with Crippen LogP contribution >= 0.6 is 0 Å². The summed E-state index contributed by atoms with van der Waals surface area (Å²) in [5.74, 6) is -0.998. The molecule has 1 fully saturated rings. The molecule has 1 aliphatic heterocycles. The molecule has 3 aliphatic rings. The van der Waals surface area contributed by atoms with Crippen molar-refractivity contribution in [1.82, 2.24) is 5.23 Å². The minimum Gasteiger partial charge on any atom is -0.567 e. The number of ketones is 2. The molecule has 2 aliphatic carbocycles. The van der Waals surface area contributed by atoms with E-state index in [-0.39, 0.29) is 58.8 Å². The number of fused-ring (bicyclic) bond motifs is 3. The van der Waals surface area contributed by atoms with Gasteiger partial charge in [0, 0.05) is 42.0 Å². The summed E-state index contributed by atoms with van der Waals surface area (Å²) in [5.41, 5.74) is -0.346. The third-order valence-corrected chi connectivity index (χ3v) is 8.09. The van der Waals surface area contributed by atoms with Gasteiger partial charge in [0.2, 0.25) is 5.78 Å². The number of carbonyl (C=O) groups excluding carboxylic acids is 2. The van der Waals surface area contributed by atoms with E-state index in [1.165, 1.54) is 13.2 Å². The van der Waals surface area contributed by atoms with Gasteiger partial charge in [-0.3, -0.25) is 9.59 Å². The number of carbonyl (C=O) groups is 2. The van der Waals surface area contributed by atoms with Crippen LogP contribution in [0.4, 0.5) is 0 Å². The van der Waals surface area contributed by atoms with E-state index in [2.05, 4.69) is 5.23 Å². The molecular formula is C26H24B5NO9. The summed E-state index contributed by atoms with van der Waals surface area (Å²) in [6.45, 7) is 3.52. The third kappa shape index (κ3) is 4.81. The van der Waals surface area contributed by atoms with Crippen molar-refractivity contribution in [3.05, 3.63) is 51.6 Å². The molecule has 1 saturated heterocycles. The van der Waals surface area contributed by atoms with E-state index < -0.39 is 47.8 Å². The van der Waals surface area contributed by atoms with Crippen LogP contribution in [0, 0.1) is 0 Å². The van der Waals surface area contributed by atoms with Crippen molar-refractivity contribution >= 4 is 51.7 Å². The molecule has 202 valence electrons. The first-order valence-electron chi connectivity index (χ1n) is 12.9. The molecule has 1 N–H and O–H groups in total. The fraction of sp³-hybridized carbons (Fsp3) is 0.462. The third-order valence-electron chi connectivity index (χ3n) is 8.09. The number of nitrogens with one attached hydrogen (secondary N) is 1. The molecular weight excluding hydrogens is 524 g/mol. The van der Waals surface area contributed by atoms with Gasteiger partial charge in [-0.25, -0.2) is 0 Å². The standard InChI is InChI=1S/C26H24B5NO9/c1-10-23(38-28)13(32-27)7-16(36-10)37-15-9-26(2,41-31)8-12-18(15)25(40-30)20-19(24(12)39-29)21(33)11-5-4-6-14(35-3)17(11)22(20)34/h4-6,10,13,15-16,23,32H,7-9H2,1-3H3. The van der Waals surface area contributed by atoms with Crippen LogP contribution in [-0.2, 0) is 25.2 Å². The van der Waals surface area contributed by atoms with Crippen LogP contribution in [0.5, 0.6) is 17.2 Å². The van der Waals surface area contributed by atoms with Crippen molar-refractivity contribution in [2.24, 2.45) is 0 Å². The molecule has 0 aromatic heterocycles. The van der Waals surface area contributed by atoms with Gasteiger partial charge in [0.15, 0.2) is 20.1 Å². The summed E-state index contributed by atoms with van der Waals surface area (Å²) in [6.07, 6.45) is -2.18. The van der Waals surface area contributed by atoms with Crippen LogP contribution in [0.1, 0.15) is 75.8 Å². The lowest BCUT2D eigenvalue weighted by atomic mass is 9.73. The molecule has 6 atom stereocenters. The average Bonchev–Trinajstić information content (AvgIpc) is 2.97. The van der Waals surface area contributed by atoms with E-state index in [0.717, 1.165) is 0 Å². The molecule has 10 radical (unpaired) electrons. The number of methoxy groups -OCH3 is 1. The molecule has 2 aromatic rings. The minimum atomic E-state index is -1.01. The first kappa shape index (κ1) is 29.8. The summed E-state index contributed by atoms with van der Waals surface area (Å²) in [6, 6.07) is 4.29. The Morgan fingerprint density at radius 3 is 2.34 bits per heavy atom. The molecule has 0 amide bonds. The van der Waals surface area contributed by atoms with Crippen molar-refractivity contribution in [1.29, 1.82) is 0 Å². The smallest absolute Gasteiger partial charge is 0.374 e. The minimum absolute atomic E-state index is 0.0461. The highest BCUT2D eigenvalue weighted by molar-refractivity contribution is 6.32. The first-order valence-corrected chi connectivity index (χ1v) is 12.9. The number of benzene rings is 2. The molecule has 5 rings (SSSR count). The largest absolute Gasteiger partial charge is 0.567 e. The second-order valence-electron chi connectivity index (χ2n) is 10.5. The normalized spacial score (nSPS) is 28.8. The fourth-order valence-electron chi connectivity index (χ4n) is 6.18. The monoisotopic (exact) mass is 549 g/mol. The number of hydrogen-bond acceptors (Lipinski definition) is 10. The van der Waals surface area contributed by atoms with Crippen LogP contribution in [0.2, 0.25) is 0 Å². The average molecular weight is 549 g/mol. The zero-order valence-electron chi connectivity index (χ0n) is 22.8. The van der Waals surface area contributed by atoms with Gasteiger partial charge in [0.25, 0.3) is 16.1 Å². The molecule has 10 nitrogen and oxygen atoms in total. The number of ether oxygens (including phenoxy) is 3. The Balaban J connectivity index is 1.69. The summed E-state index contributed by atoms with van der Waals surface area (Å²) >= 11 is 0. The zero-order valence-corrected chi connectivity index (χ0v) is 22.8. The molecule has 6 unspecified atom stereocenters. The number of hydrogen-bond donors (Lipinski definition) is 1. The van der Waals surface area contributed by atoms with Crippen LogP contribution in [-0.4, -0.2) is 89.0 Å². The van der Waals surface area contributed by atoms with E-state index in [9.17, 15) is 9.59 Å². The predicted molar refractivity (Wildman–Crippen MR) is 149 cm³/mol. The van der Waals surface area contributed by atoms with Gasteiger partial charge in [0.1, 0.15) is 17.2 Å². The maximum absolute atomic E-state index is 14.0. The van der Waals surface area contributed by atoms with E-state index in [1.54, 1.807) is 26.0 Å². The number of rotatable bonds is 8. The Hall–Kier alpha value is -2.70. The van der Waals surface area contributed by atoms with Crippen LogP contribution in [0.3, 0.4) is 0 Å².